The number of aromatic nitrogens is 1. The second-order valence-corrected chi connectivity index (χ2v) is 6.10. The number of aryl methyl sites for hydroxylation is 1. The van der Waals surface area contributed by atoms with Crippen LogP contribution >= 0.6 is 0 Å². The molecule has 0 saturated carbocycles. The molecule has 1 aromatic rings. The van der Waals surface area contributed by atoms with E-state index >= 15 is 0 Å². The average Bonchev–Trinajstić information content (AvgIpc) is 2.10. The highest BCUT2D eigenvalue weighted by Gasteiger charge is 2.14. The standard InChI is InChI=1S/C8H11NO4S2/c1-5-8(11)7(3-10)6(2-9-5)4-15(12,13)14/h2,10-11H,3-4H2,1H3,(H,12,13,14). The van der Waals surface area contributed by atoms with Crippen molar-refractivity contribution in [3.8, 4) is 5.75 Å². The van der Waals surface area contributed by atoms with Crippen LogP contribution in [0.4, 0.5) is 0 Å². The number of rotatable bonds is 3. The quantitative estimate of drug-likeness (QED) is 0.714. The van der Waals surface area contributed by atoms with Crippen molar-refractivity contribution in [2.24, 2.45) is 0 Å². The van der Waals surface area contributed by atoms with Gasteiger partial charge in [-0.15, -0.1) is 0 Å². The summed E-state index contributed by atoms with van der Waals surface area (Å²) in [6.07, 6.45) is 1.34. The van der Waals surface area contributed by atoms with Gasteiger partial charge in [0.15, 0.2) is 0 Å². The lowest BCUT2D eigenvalue weighted by Crippen LogP contribution is -2.05. The van der Waals surface area contributed by atoms with Crippen LogP contribution in [0.25, 0.3) is 0 Å². The smallest absolute Gasteiger partial charge is 0.145 e. The van der Waals surface area contributed by atoms with Crippen molar-refractivity contribution < 1.29 is 19.0 Å². The van der Waals surface area contributed by atoms with Crippen LogP contribution in [0.5, 0.6) is 5.75 Å². The Morgan fingerprint density at radius 1 is 1.60 bits per heavy atom. The summed E-state index contributed by atoms with van der Waals surface area (Å²) in [6.45, 7) is 1.15. The summed E-state index contributed by atoms with van der Waals surface area (Å²) in [7, 11) is -3.37. The van der Waals surface area contributed by atoms with Gasteiger partial charge in [-0.05, 0) is 12.5 Å². The van der Waals surface area contributed by atoms with Gasteiger partial charge >= 0.3 is 0 Å². The highest BCUT2D eigenvalue weighted by molar-refractivity contribution is 8.29. The number of pyridine rings is 1. The molecule has 0 aliphatic carbocycles. The first-order valence-corrected chi connectivity index (χ1v) is 6.68. The maximum Gasteiger partial charge on any atom is 0.145 e. The van der Waals surface area contributed by atoms with E-state index in [9.17, 15) is 9.32 Å². The third kappa shape index (κ3) is 3.10. The highest BCUT2D eigenvalue weighted by Crippen LogP contribution is 2.24. The minimum atomic E-state index is -3.37. The van der Waals surface area contributed by atoms with E-state index in [1.165, 1.54) is 6.20 Å². The molecule has 0 saturated heterocycles. The Kier molecular flexibility index (Phi) is 3.61. The van der Waals surface area contributed by atoms with Gasteiger partial charge in [-0.3, -0.25) is 4.98 Å². The summed E-state index contributed by atoms with van der Waals surface area (Å²) >= 11 is 4.34. The van der Waals surface area contributed by atoms with Crippen LogP contribution in [0.2, 0.25) is 0 Å². The van der Waals surface area contributed by atoms with Crippen LogP contribution in [-0.2, 0) is 32.3 Å². The lowest BCUT2D eigenvalue weighted by molar-refractivity contribution is 0.274. The van der Waals surface area contributed by atoms with Gasteiger partial charge in [0.1, 0.15) is 14.5 Å². The Bertz CT molecular complexity index is 470. The van der Waals surface area contributed by atoms with Crippen molar-refractivity contribution in [3.63, 3.8) is 0 Å². The number of hydrogen-bond acceptors (Lipinski definition) is 5. The van der Waals surface area contributed by atoms with Gasteiger partial charge < -0.3 is 14.8 Å². The summed E-state index contributed by atoms with van der Waals surface area (Å²) < 4.78 is 20.0. The van der Waals surface area contributed by atoms with Crippen LogP contribution in [-0.4, -0.2) is 24.0 Å². The third-order valence-electron chi connectivity index (χ3n) is 1.93. The van der Waals surface area contributed by atoms with Gasteiger partial charge in [0.25, 0.3) is 0 Å². The summed E-state index contributed by atoms with van der Waals surface area (Å²) in [4.78, 5) is 3.83. The van der Waals surface area contributed by atoms with Gasteiger partial charge in [-0.1, -0.05) is 0 Å². The Morgan fingerprint density at radius 2 is 2.20 bits per heavy atom. The van der Waals surface area contributed by atoms with E-state index in [1.807, 2.05) is 0 Å². The molecule has 0 spiro atoms. The van der Waals surface area contributed by atoms with Crippen LogP contribution in [0.15, 0.2) is 6.20 Å². The van der Waals surface area contributed by atoms with Gasteiger partial charge in [-0.25, -0.2) is 4.21 Å². The minimum absolute atomic E-state index is 0.159. The number of hydrogen-bond donors (Lipinski definition) is 3. The molecular formula is C8H11NO4S2. The van der Waals surface area contributed by atoms with Gasteiger partial charge in [0.05, 0.1) is 18.1 Å². The number of nitrogens with zero attached hydrogens (tertiary/aromatic N) is 1. The SMILES string of the molecule is Cc1ncc(CS(=O)(O)=S)c(CO)c1O. The van der Waals surface area contributed by atoms with Crippen LogP contribution in [0.3, 0.4) is 0 Å². The molecule has 0 aliphatic heterocycles. The molecule has 0 bridgehead atoms. The maximum atomic E-state index is 11.0. The summed E-state index contributed by atoms with van der Waals surface area (Å²) in [5, 5.41) is 18.6. The second-order valence-electron chi connectivity index (χ2n) is 3.08. The molecular weight excluding hydrogens is 238 g/mol. The van der Waals surface area contributed by atoms with E-state index in [0.717, 1.165) is 0 Å². The molecule has 1 atom stereocenters. The zero-order valence-corrected chi connectivity index (χ0v) is 9.64. The normalized spacial score (nSPS) is 14.9. The molecule has 1 unspecified atom stereocenters. The zero-order valence-electron chi connectivity index (χ0n) is 8.01. The van der Waals surface area contributed by atoms with Crippen LogP contribution < -0.4 is 0 Å². The monoisotopic (exact) mass is 249 g/mol. The first-order chi connectivity index (χ1) is 6.85. The predicted molar refractivity (Wildman–Crippen MR) is 58.4 cm³/mol. The van der Waals surface area contributed by atoms with E-state index in [2.05, 4.69) is 16.2 Å². The van der Waals surface area contributed by atoms with Crippen molar-refractivity contribution in [2.45, 2.75) is 19.3 Å². The van der Waals surface area contributed by atoms with E-state index in [4.69, 9.17) is 9.66 Å². The summed E-state index contributed by atoms with van der Waals surface area (Å²) in [5.41, 5.74) is 0.855. The summed E-state index contributed by atoms with van der Waals surface area (Å²) in [5.74, 6) is -0.465. The fourth-order valence-corrected chi connectivity index (χ4v) is 2.20. The molecule has 3 N–H and O–H groups in total. The third-order valence-corrected chi connectivity index (χ3v) is 2.96. The van der Waals surface area contributed by atoms with E-state index in [0.29, 0.717) is 11.3 Å². The van der Waals surface area contributed by atoms with Crippen molar-refractivity contribution in [2.75, 3.05) is 0 Å². The topological polar surface area (TPSA) is 90.7 Å². The fraction of sp³-hybridized carbons (Fsp3) is 0.375. The van der Waals surface area contributed by atoms with Crippen LogP contribution in [0.1, 0.15) is 16.8 Å². The molecule has 0 aromatic carbocycles. The lowest BCUT2D eigenvalue weighted by Gasteiger charge is -2.09. The molecule has 1 rings (SSSR count). The Balaban J connectivity index is 3.25. The molecule has 1 aromatic heterocycles. The van der Waals surface area contributed by atoms with Crippen molar-refractivity contribution in [1.82, 2.24) is 4.98 Å². The fourth-order valence-electron chi connectivity index (χ4n) is 1.18. The minimum Gasteiger partial charge on any atom is -0.506 e. The molecule has 0 amide bonds. The first kappa shape index (κ1) is 12.3. The predicted octanol–water partition coefficient (Wildman–Crippen LogP) is 0.307. The molecule has 7 heteroatoms. The van der Waals surface area contributed by atoms with Crippen molar-refractivity contribution in [1.29, 1.82) is 0 Å². The average molecular weight is 249 g/mol. The zero-order chi connectivity index (χ0) is 11.6. The number of aliphatic hydroxyl groups is 1. The molecule has 0 aliphatic rings. The van der Waals surface area contributed by atoms with Gasteiger partial charge in [0.2, 0.25) is 0 Å². The molecule has 84 valence electrons. The van der Waals surface area contributed by atoms with Crippen molar-refractivity contribution in [3.05, 3.63) is 23.0 Å². The molecule has 5 nitrogen and oxygen atoms in total. The molecule has 1 heterocycles. The van der Waals surface area contributed by atoms with Crippen LogP contribution in [0, 0.1) is 6.92 Å². The van der Waals surface area contributed by atoms with E-state index < -0.39 is 15.4 Å². The largest absolute Gasteiger partial charge is 0.506 e. The van der Waals surface area contributed by atoms with E-state index in [-0.39, 0.29) is 17.1 Å². The molecule has 0 radical (unpaired) electrons. The van der Waals surface area contributed by atoms with Crippen molar-refractivity contribution >= 4 is 20.0 Å². The molecule has 0 fully saturated rings. The number of aromatic hydroxyl groups is 1. The van der Waals surface area contributed by atoms with Gasteiger partial charge in [0, 0.05) is 22.9 Å². The Morgan fingerprint density at radius 3 is 2.67 bits per heavy atom. The molecule has 15 heavy (non-hydrogen) atoms. The Labute approximate surface area is 92.3 Å². The maximum absolute atomic E-state index is 11.0. The summed E-state index contributed by atoms with van der Waals surface area (Å²) in [6, 6.07) is 0. The first-order valence-electron chi connectivity index (χ1n) is 4.07. The second kappa shape index (κ2) is 4.40. The number of aliphatic hydroxyl groups excluding tert-OH is 1. The van der Waals surface area contributed by atoms with Gasteiger partial charge in [-0.2, -0.15) is 0 Å². The van der Waals surface area contributed by atoms with E-state index in [1.54, 1.807) is 6.92 Å². The Hall–Kier alpha value is -0.760. The lowest BCUT2D eigenvalue weighted by atomic mass is 10.1. The highest BCUT2D eigenvalue weighted by atomic mass is 32.8.